The Morgan fingerprint density at radius 3 is 2.91 bits per heavy atom. The van der Waals surface area contributed by atoms with Crippen molar-refractivity contribution in [2.75, 3.05) is 0 Å². The molecule has 0 aliphatic heterocycles. The van der Waals surface area contributed by atoms with E-state index < -0.39 is 0 Å². The van der Waals surface area contributed by atoms with Crippen LogP contribution in [0.25, 0.3) is 11.4 Å². The molecule has 3 aromatic heterocycles. The van der Waals surface area contributed by atoms with Crippen molar-refractivity contribution < 1.29 is 9.21 Å². The van der Waals surface area contributed by atoms with Crippen molar-refractivity contribution in [2.24, 2.45) is 5.92 Å². The highest BCUT2D eigenvalue weighted by atomic mass is 16.3. The molecule has 0 saturated carbocycles. The molecule has 22 heavy (non-hydrogen) atoms. The molecule has 112 valence electrons. The molecule has 0 spiro atoms. The predicted molar refractivity (Wildman–Crippen MR) is 82.5 cm³/mol. The Kier molecular flexibility index (Phi) is 3.87. The number of ketones is 1. The second kappa shape index (κ2) is 5.97. The van der Waals surface area contributed by atoms with Gasteiger partial charge in [-0.3, -0.25) is 9.78 Å². The van der Waals surface area contributed by atoms with Crippen LogP contribution < -0.4 is 0 Å². The Labute approximate surface area is 128 Å². The average molecular weight is 295 g/mol. The molecule has 0 saturated heterocycles. The first-order valence-corrected chi connectivity index (χ1v) is 7.18. The van der Waals surface area contributed by atoms with Crippen LogP contribution in [-0.2, 0) is 6.42 Å². The van der Waals surface area contributed by atoms with Gasteiger partial charge in [-0.05, 0) is 31.2 Å². The van der Waals surface area contributed by atoms with Gasteiger partial charge in [0.25, 0.3) is 0 Å². The molecule has 0 fully saturated rings. The summed E-state index contributed by atoms with van der Waals surface area (Å²) in [5, 5.41) is 0. The van der Waals surface area contributed by atoms with E-state index in [1.165, 1.54) is 6.26 Å². The molecule has 3 aromatic rings. The van der Waals surface area contributed by atoms with Crippen LogP contribution in [0.3, 0.4) is 0 Å². The molecule has 0 aromatic carbocycles. The number of H-pyrrole nitrogens is 1. The Morgan fingerprint density at radius 1 is 1.36 bits per heavy atom. The minimum absolute atomic E-state index is 0.00433. The topological polar surface area (TPSA) is 71.8 Å². The van der Waals surface area contributed by atoms with Crippen molar-refractivity contribution in [1.29, 1.82) is 0 Å². The number of nitrogens with one attached hydrogen (secondary N) is 1. The molecule has 3 rings (SSSR count). The highest BCUT2D eigenvalue weighted by Crippen LogP contribution is 2.20. The van der Waals surface area contributed by atoms with Gasteiger partial charge >= 0.3 is 0 Å². The number of nitrogens with zero attached hydrogens (tertiary/aromatic N) is 2. The summed E-state index contributed by atoms with van der Waals surface area (Å²) in [6.45, 7) is 3.86. The van der Waals surface area contributed by atoms with Crippen LogP contribution in [0, 0.1) is 12.8 Å². The quantitative estimate of drug-likeness (QED) is 0.732. The molecular formula is C17H17N3O2. The third-order valence-corrected chi connectivity index (χ3v) is 3.63. The Hall–Kier alpha value is -2.69. The fourth-order valence-electron chi connectivity index (χ4n) is 2.38. The third kappa shape index (κ3) is 2.83. The number of aryl methyl sites for hydroxylation is 1. The minimum Gasteiger partial charge on any atom is -0.461 e. The standard InChI is InChI=1S/C17H17N3O2/c1-11(16(21)15-6-4-8-22-15)9-14-12(2)19-17(20-14)13-5-3-7-18-10-13/h3-8,10-11H,9H2,1-2H3,(H,19,20). The van der Waals surface area contributed by atoms with Crippen molar-refractivity contribution in [3.8, 4) is 11.4 Å². The van der Waals surface area contributed by atoms with E-state index in [0.717, 1.165) is 22.8 Å². The van der Waals surface area contributed by atoms with E-state index in [2.05, 4.69) is 15.0 Å². The zero-order chi connectivity index (χ0) is 15.5. The Bertz CT molecular complexity index is 761. The molecule has 1 N–H and O–H groups in total. The second-order valence-corrected chi connectivity index (χ2v) is 5.35. The summed E-state index contributed by atoms with van der Waals surface area (Å²) in [6.07, 6.45) is 5.58. The fraction of sp³-hybridized carbons (Fsp3) is 0.235. The summed E-state index contributed by atoms with van der Waals surface area (Å²) in [7, 11) is 0. The van der Waals surface area contributed by atoms with Crippen LogP contribution >= 0.6 is 0 Å². The predicted octanol–water partition coefficient (Wildman–Crippen LogP) is 3.43. The summed E-state index contributed by atoms with van der Waals surface area (Å²) in [6, 6.07) is 7.24. The second-order valence-electron chi connectivity index (χ2n) is 5.35. The van der Waals surface area contributed by atoms with Crippen molar-refractivity contribution in [3.05, 3.63) is 60.1 Å². The molecule has 1 atom stereocenters. The molecule has 5 nitrogen and oxygen atoms in total. The van der Waals surface area contributed by atoms with E-state index in [-0.39, 0.29) is 11.7 Å². The number of aromatic amines is 1. The van der Waals surface area contributed by atoms with Crippen LogP contribution in [0.1, 0.15) is 28.9 Å². The molecule has 0 aliphatic rings. The van der Waals surface area contributed by atoms with Crippen molar-refractivity contribution in [2.45, 2.75) is 20.3 Å². The lowest BCUT2D eigenvalue weighted by atomic mass is 9.98. The number of hydrogen-bond donors (Lipinski definition) is 1. The maximum Gasteiger partial charge on any atom is 0.201 e. The maximum atomic E-state index is 12.3. The van der Waals surface area contributed by atoms with Crippen molar-refractivity contribution in [3.63, 3.8) is 0 Å². The number of rotatable bonds is 5. The number of pyridine rings is 1. The first-order valence-electron chi connectivity index (χ1n) is 7.18. The van der Waals surface area contributed by atoms with Gasteiger partial charge in [0.05, 0.1) is 12.0 Å². The van der Waals surface area contributed by atoms with Gasteiger partial charge in [0.1, 0.15) is 5.82 Å². The smallest absolute Gasteiger partial charge is 0.201 e. The van der Waals surface area contributed by atoms with Crippen molar-refractivity contribution >= 4 is 5.78 Å². The van der Waals surface area contributed by atoms with E-state index in [0.29, 0.717) is 12.2 Å². The Balaban J connectivity index is 1.78. The van der Waals surface area contributed by atoms with Crippen LogP contribution in [0.5, 0.6) is 0 Å². The van der Waals surface area contributed by atoms with E-state index in [9.17, 15) is 4.79 Å². The largest absolute Gasteiger partial charge is 0.461 e. The number of aromatic nitrogens is 3. The van der Waals surface area contributed by atoms with E-state index in [1.807, 2.05) is 26.0 Å². The molecule has 5 heteroatoms. The van der Waals surface area contributed by atoms with Gasteiger partial charge in [-0.25, -0.2) is 4.98 Å². The van der Waals surface area contributed by atoms with Gasteiger partial charge in [-0.15, -0.1) is 0 Å². The third-order valence-electron chi connectivity index (χ3n) is 3.63. The molecule has 0 radical (unpaired) electrons. The summed E-state index contributed by atoms with van der Waals surface area (Å²) in [5.41, 5.74) is 2.80. The van der Waals surface area contributed by atoms with Crippen LogP contribution in [0.4, 0.5) is 0 Å². The van der Waals surface area contributed by atoms with E-state index in [4.69, 9.17) is 4.42 Å². The molecular weight excluding hydrogens is 278 g/mol. The highest BCUT2D eigenvalue weighted by molar-refractivity contribution is 5.95. The van der Waals surface area contributed by atoms with Gasteiger partial charge in [0.15, 0.2) is 5.76 Å². The maximum absolute atomic E-state index is 12.3. The van der Waals surface area contributed by atoms with Crippen LogP contribution in [0.15, 0.2) is 47.3 Å². The number of carbonyl (C=O) groups excluding carboxylic acids is 1. The van der Waals surface area contributed by atoms with Crippen molar-refractivity contribution in [1.82, 2.24) is 15.0 Å². The normalized spacial score (nSPS) is 12.3. The number of hydrogen-bond acceptors (Lipinski definition) is 4. The number of carbonyl (C=O) groups is 1. The van der Waals surface area contributed by atoms with Crippen LogP contribution in [-0.4, -0.2) is 20.7 Å². The number of furan rings is 1. The van der Waals surface area contributed by atoms with E-state index in [1.54, 1.807) is 24.5 Å². The molecule has 0 bridgehead atoms. The first-order chi connectivity index (χ1) is 10.6. The van der Waals surface area contributed by atoms with Gasteiger partial charge in [-0.2, -0.15) is 0 Å². The zero-order valence-electron chi connectivity index (χ0n) is 12.5. The lowest BCUT2D eigenvalue weighted by Gasteiger charge is -2.07. The monoisotopic (exact) mass is 295 g/mol. The lowest BCUT2D eigenvalue weighted by Crippen LogP contribution is -2.14. The fourth-order valence-corrected chi connectivity index (χ4v) is 2.38. The molecule has 0 aliphatic carbocycles. The van der Waals surface area contributed by atoms with Gasteiger partial charge < -0.3 is 9.40 Å². The first kappa shape index (κ1) is 14.3. The highest BCUT2D eigenvalue weighted by Gasteiger charge is 2.20. The zero-order valence-corrected chi connectivity index (χ0v) is 12.5. The summed E-state index contributed by atoms with van der Waals surface area (Å²) < 4.78 is 5.17. The molecule has 1 unspecified atom stereocenters. The Morgan fingerprint density at radius 2 is 2.23 bits per heavy atom. The lowest BCUT2D eigenvalue weighted by molar-refractivity contribution is 0.0900. The summed E-state index contributed by atoms with van der Waals surface area (Å²) >= 11 is 0. The van der Waals surface area contributed by atoms with Gasteiger partial charge in [0.2, 0.25) is 5.78 Å². The van der Waals surface area contributed by atoms with Crippen LogP contribution in [0.2, 0.25) is 0 Å². The van der Waals surface area contributed by atoms with E-state index >= 15 is 0 Å². The SMILES string of the molecule is Cc1[nH]c(-c2cccnc2)nc1CC(C)C(=O)c1ccco1. The summed E-state index contributed by atoms with van der Waals surface area (Å²) in [5.74, 6) is 0.983. The molecule has 3 heterocycles. The summed E-state index contributed by atoms with van der Waals surface area (Å²) in [4.78, 5) is 24.2. The number of imidazole rings is 1. The number of Topliss-reactive ketones (excluding diaryl/α,β-unsaturated/α-hetero) is 1. The average Bonchev–Trinajstić information content (AvgIpc) is 3.18. The van der Waals surface area contributed by atoms with Gasteiger partial charge in [-0.1, -0.05) is 6.92 Å². The minimum atomic E-state index is -0.185. The van der Waals surface area contributed by atoms with Gasteiger partial charge in [0, 0.05) is 36.0 Å². The molecule has 0 amide bonds.